The number of carboxylic acids is 1. The summed E-state index contributed by atoms with van der Waals surface area (Å²) < 4.78 is 0. The van der Waals surface area contributed by atoms with Gasteiger partial charge in [0.15, 0.2) is 0 Å². The molecule has 4 atom stereocenters. The number of H-pyrrole nitrogens is 2. The first-order valence-electron chi connectivity index (χ1n) is 11.8. The maximum atomic E-state index is 13.2. The molecule has 0 fully saturated rings. The lowest BCUT2D eigenvalue weighted by Gasteiger charge is -2.27. The van der Waals surface area contributed by atoms with E-state index in [1.807, 2.05) is 13.8 Å². The van der Waals surface area contributed by atoms with E-state index in [0.717, 1.165) is 0 Å². The van der Waals surface area contributed by atoms with E-state index in [4.69, 9.17) is 5.73 Å². The predicted octanol–water partition coefficient (Wildman–Crippen LogP) is -0.514. The van der Waals surface area contributed by atoms with E-state index in [9.17, 15) is 24.3 Å². The minimum Gasteiger partial charge on any atom is -0.480 e. The topological polar surface area (TPSA) is 208 Å². The molecule has 4 unspecified atom stereocenters. The molecule has 3 amide bonds. The van der Waals surface area contributed by atoms with Gasteiger partial charge in [-0.2, -0.15) is 0 Å². The number of nitrogens with one attached hydrogen (secondary N) is 5. The number of hydrogen-bond acceptors (Lipinski definition) is 7. The van der Waals surface area contributed by atoms with E-state index in [-0.39, 0.29) is 31.1 Å². The average Bonchev–Trinajstić information content (AvgIpc) is 3.49. The molecular formula is C23H36N8O5. The first kappa shape index (κ1) is 28.5. The van der Waals surface area contributed by atoms with Gasteiger partial charge in [-0.05, 0) is 18.3 Å². The molecule has 0 bridgehead atoms. The highest BCUT2D eigenvalue weighted by Crippen LogP contribution is 2.09. The summed E-state index contributed by atoms with van der Waals surface area (Å²) in [4.78, 5) is 64.1. The summed E-state index contributed by atoms with van der Waals surface area (Å²) in [5, 5.41) is 17.3. The van der Waals surface area contributed by atoms with Crippen LogP contribution < -0.4 is 21.7 Å². The zero-order valence-electron chi connectivity index (χ0n) is 20.9. The van der Waals surface area contributed by atoms with Gasteiger partial charge < -0.3 is 36.8 Å². The average molecular weight is 505 g/mol. The first-order chi connectivity index (χ1) is 17.0. The number of carboxylic acid groups (broad SMARTS) is 1. The van der Waals surface area contributed by atoms with E-state index < -0.39 is 47.9 Å². The van der Waals surface area contributed by atoms with Crippen LogP contribution in [0.15, 0.2) is 25.0 Å². The second kappa shape index (κ2) is 13.4. The van der Waals surface area contributed by atoms with Gasteiger partial charge in [-0.15, -0.1) is 0 Å². The minimum absolute atomic E-state index is 0.0264. The summed E-state index contributed by atoms with van der Waals surface area (Å²) in [5.41, 5.74) is 7.24. The van der Waals surface area contributed by atoms with Gasteiger partial charge in [-0.3, -0.25) is 14.4 Å². The van der Waals surface area contributed by atoms with Gasteiger partial charge in [0, 0.05) is 36.6 Å². The lowest BCUT2D eigenvalue weighted by atomic mass is 10.0. The Morgan fingerprint density at radius 3 is 1.89 bits per heavy atom. The summed E-state index contributed by atoms with van der Waals surface area (Å²) in [5.74, 6) is -3.24. The Morgan fingerprint density at radius 2 is 1.42 bits per heavy atom. The third-order valence-corrected chi connectivity index (χ3v) is 5.51. The molecule has 0 radical (unpaired) electrons. The number of aliphatic carboxylic acids is 1. The maximum Gasteiger partial charge on any atom is 0.326 e. The van der Waals surface area contributed by atoms with Crippen LogP contribution in [-0.4, -0.2) is 72.9 Å². The fraction of sp³-hybridized carbons (Fsp3) is 0.565. The fourth-order valence-corrected chi connectivity index (χ4v) is 3.57. The van der Waals surface area contributed by atoms with E-state index in [2.05, 4.69) is 35.9 Å². The standard InChI is InChI=1S/C23H36N8O5/c1-12(2)5-18(23(35)36)30-21(33)17(7-15-9-26-11-28-15)29-22(34)19(13(3)4)31-20(32)16(24)6-14-8-25-10-27-14/h8-13,16-19H,5-7,24H2,1-4H3,(H,25,27)(H,26,28)(H,29,34)(H,30,33)(H,31,32)(H,35,36). The molecule has 2 rings (SSSR count). The minimum atomic E-state index is -1.16. The molecule has 0 aliphatic heterocycles. The fourth-order valence-electron chi connectivity index (χ4n) is 3.57. The van der Waals surface area contributed by atoms with Gasteiger partial charge in [0.2, 0.25) is 17.7 Å². The Kier molecular flexibility index (Phi) is 10.6. The molecular weight excluding hydrogens is 468 g/mol. The number of nitrogens with two attached hydrogens (primary N) is 1. The lowest BCUT2D eigenvalue weighted by molar-refractivity contribution is -0.142. The highest BCUT2D eigenvalue weighted by Gasteiger charge is 2.32. The zero-order valence-corrected chi connectivity index (χ0v) is 20.9. The Labute approximate surface area is 209 Å². The number of aromatic amines is 2. The Hall–Kier alpha value is -3.74. The summed E-state index contributed by atoms with van der Waals surface area (Å²) >= 11 is 0. The third kappa shape index (κ3) is 8.80. The molecule has 36 heavy (non-hydrogen) atoms. The summed E-state index contributed by atoms with van der Waals surface area (Å²) in [6.07, 6.45) is 6.45. The van der Waals surface area contributed by atoms with Crippen LogP contribution in [0.1, 0.15) is 45.5 Å². The zero-order chi connectivity index (χ0) is 26.8. The van der Waals surface area contributed by atoms with Crippen molar-refractivity contribution >= 4 is 23.7 Å². The van der Waals surface area contributed by atoms with Gasteiger partial charge in [-0.25, -0.2) is 14.8 Å². The second-order valence-corrected chi connectivity index (χ2v) is 9.49. The molecule has 13 nitrogen and oxygen atoms in total. The van der Waals surface area contributed by atoms with Crippen LogP contribution in [0.25, 0.3) is 0 Å². The van der Waals surface area contributed by atoms with Crippen molar-refractivity contribution < 1.29 is 24.3 Å². The van der Waals surface area contributed by atoms with Gasteiger partial charge in [0.1, 0.15) is 18.1 Å². The van der Waals surface area contributed by atoms with Crippen molar-refractivity contribution in [1.82, 2.24) is 35.9 Å². The molecule has 0 saturated carbocycles. The quantitative estimate of drug-likeness (QED) is 0.178. The number of amides is 3. The van der Waals surface area contributed by atoms with Crippen molar-refractivity contribution in [2.24, 2.45) is 17.6 Å². The smallest absolute Gasteiger partial charge is 0.326 e. The third-order valence-electron chi connectivity index (χ3n) is 5.51. The van der Waals surface area contributed by atoms with Crippen molar-refractivity contribution in [3.8, 4) is 0 Å². The van der Waals surface area contributed by atoms with E-state index in [0.29, 0.717) is 11.4 Å². The predicted molar refractivity (Wildman–Crippen MR) is 130 cm³/mol. The largest absolute Gasteiger partial charge is 0.480 e. The molecule has 0 spiro atoms. The van der Waals surface area contributed by atoms with Crippen molar-refractivity contribution in [2.45, 2.75) is 71.1 Å². The Bertz CT molecular complexity index is 990. The van der Waals surface area contributed by atoms with Gasteiger partial charge in [0.05, 0.1) is 18.7 Å². The SMILES string of the molecule is CC(C)CC(NC(=O)C(Cc1cnc[nH]1)NC(=O)C(NC(=O)C(N)Cc1cnc[nH]1)C(C)C)C(=O)O. The van der Waals surface area contributed by atoms with Crippen LogP contribution in [0.3, 0.4) is 0 Å². The monoisotopic (exact) mass is 504 g/mol. The number of imidazole rings is 2. The number of carbonyl (C=O) groups excluding carboxylic acids is 3. The van der Waals surface area contributed by atoms with Crippen LogP contribution in [0.2, 0.25) is 0 Å². The second-order valence-electron chi connectivity index (χ2n) is 9.49. The molecule has 0 aromatic carbocycles. The van der Waals surface area contributed by atoms with E-state index in [1.165, 1.54) is 18.9 Å². The lowest BCUT2D eigenvalue weighted by Crippen LogP contribution is -2.59. The molecule has 2 aromatic rings. The van der Waals surface area contributed by atoms with Gasteiger partial charge in [0.25, 0.3) is 0 Å². The van der Waals surface area contributed by atoms with Gasteiger partial charge >= 0.3 is 5.97 Å². The highest BCUT2D eigenvalue weighted by molar-refractivity contribution is 5.94. The Balaban J connectivity index is 2.13. The van der Waals surface area contributed by atoms with Crippen molar-refractivity contribution in [2.75, 3.05) is 0 Å². The van der Waals surface area contributed by atoms with Gasteiger partial charge in [-0.1, -0.05) is 27.7 Å². The molecule has 0 aliphatic rings. The summed E-state index contributed by atoms with van der Waals surface area (Å²) in [7, 11) is 0. The molecule has 8 N–H and O–H groups in total. The maximum absolute atomic E-state index is 13.2. The highest BCUT2D eigenvalue weighted by atomic mass is 16.4. The summed E-state index contributed by atoms with van der Waals surface area (Å²) in [6.45, 7) is 7.19. The van der Waals surface area contributed by atoms with Crippen molar-refractivity contribution in [3.05, 3.63) is 36.4 Å². The molecule has 2 aromatic heterocycles. The molecule has 13 heteroatoms. The number of hydrogen-bond donors (Lipinski definition) is 7. The van der Waals surface area contributed by atoms with Crippen LogP contribution >= 0.6 is 0 Å². The number of nitrogens with zero attached hydrogens (tertiary/aromatic N) is 2. The molecule has 0 saturated heterocycles. The number of carbonyl (C=O) groups is 4. The molecule has 0 aliphatic carbocycles. The Morgan fingerprint density at radius 1 is 0.861 bits per heavy atom. The normalized spacial score (nSPS) is 14.6. The van der Waals surface area contributed by atoms with Crippen LogP contribution in [0.5, 0.6) is 0 Å². The molecule has 2 heterocycles. The van der Waals surface area contributed by atoms with Crippen molar-refractivity contribution in [1.29, 1.82) is 0 Å². The van der Waals surface area contributed by atoms with Crippen LogP contribution in [0.4, 0.5) is 0 Å². The van der Waals surface area contributed by atoms with Crippen molar-refractivity contribution in [3.63, 3.8) is 0 Å². The first-order valence-corrected chi connectivity index (χ1v) is 11.8. The van der Waals surface area contributed by atoms with Crippen LogP contribution in [-0.2, 0) is 32.0 Å². The van der Waals surface area contributed by atoms with E-state index in [1.54, 1.807) is 20.0 Å². The van der Waals surface area contributed by atoms with Crippen LogP contribution in [0, 0.1) is 11.8 Å². The summed E-state index contributed by atoms with van der Waals surface area (Å²) in [6, 6.07) is -4.12. The number of rotatable bonds is 14. The van der Waals surface area contributed by atoms with E-state index >= 15 is 0 Å². The molecule has 198 valence electrons. The number of aromatic nitrogens is 4.